The van der Waals surface area contributed by atoms with Gasteiger partial charge in [0.2, 0.25) is 5.91 Å². The molecular formula is C76H133NO18. The fraction of sp³-hybridized carbons (Fsp3) is 0.803. The van der Waals surface area contributed by atoms with Crippen LogP contribution in [0.2, 0.25) is 0 Å². The van der Waals surface area contributed by atoms with Gasteiger partial charge in [0.1, 0.15) is 73.2 Å². The van der Waals surface area contributed by atoms with Crippen LogP contribution in [0.4, 0.5) is 0 Å². The van der Waals surface area contributed by atoms with Gasteiger partial charge in [-0.3, -0.25) is 4.79 Å². The van der Waals surface area contributed by atoms with Gasteiger partial charge in [-0.15, -0.1) is 0 Å². The molecule has 550 valence electrons. The third kappa shape index (κ3) is 37.8. The normalized spacial score (nSPS) is 27.7. The largest absolute Gasteiger partial charge is 0.394 e. The molecule has 0 aromatic heterocycles. The van der Waals surface area contributed by atoms with E-state index >= 15 is 0 Å². The van der Waals surface area contributed by atoms with Crippen molar-refractivity contribution >= 4 is 5.91 Å². The molecule has 3 aliphatic rings. The van der Waals surface area contributed by atoms with Crippen molar-refractivity contribution in [1.29, 1.82) is 0 Å². The number of aliphatic hydroxyl groups excluding tert-OH is 11. The average Bonchev–Trinajstić information content (AvgIpc) is 0.786. The van der Waals surface area contributed by atoms with E-state index in [1.165, 1.54) is 141 Å². The lowest BCUT2D eigenvalue weighted by Gasteiger charge is -2.48. The number of hydrogen-bond donors (Lipinski definition) is 12. The lowest BCUT2D eigenvalue weighted by Crippen LogP contribution is -2.66. The second-order valence-electron chi connectivity index (χ2n) is 26.4. The van der Waals surface area contributed by atoms with E-state index in [-0.39, 0.29) is 18.9 Å². The van der Waals surface area contributed by atoms with E-state index in [0.29, 0.717) is 12.8 Å². The van der Waals surface area contributed by atoms with Gasteiger partial charge in [-0.1, -0.05) is 259 Å². The summed E-state index contributed by atoms with van der Waals surface area (Å²) >= 11 is 0. The van der Waals surface area contributed by atoms with E-state index in [4.69, 9.17) is 28.4 Å². The number of ether oxygens (including phenoxy) is 6. The van der Waals surface area contributed by atoms with Crippen molar-refractivity contribution in [2.45, 2.75) is 362 Å². The molecule has 3 rings (SSSR count). The maximum atomic E-state index is 13.4. The number of rotatable bonds is 57. The molecule has 0 radical (unpaired) electrons. The van der Waals surface area contributed by atoms with Gasteiger partial charge < -0.3 is 89.9 Å². The van der Waals surface area contributed by atoms with Gasteiger partial charge in [-0.05, 0) is 77.0 Å². The van der Waals surface area contributed by atoms with E-state index < -0.39 is 124 Å². The van der Waals surface area contributed by atoms with E-state index in [1.807, 2.05) is 6.08 Å². The Morgan fingerprint density at radius 2 is 0.737 bits per heavy atom. The molecule has 0 bridgehead atoms. The topological polar surface area (TPSA) is 307 Å². The minimum Gasteiger partial charge on any atom is -0.394 e. The van der Waals surface area contributed by atoms with Crippen LogP contribution in [0.5, 0.6) is 0 Å². The monoisotopic (exact) mass is 1350 g/mol. The lowest BCUT2D eigenvalue weighted by atomic mass is 9.96. The average molecular weight is 1350 g/mol. The molecule has 19 nitrogen and oxygen atoms in total. The molecule has 3 aliphatic heterocycles. The Balaban J connectivity index is 1.41. The standard InChI is InChI=1S/C76H133NO18/c1-3-5-7-9-11-13-15-17-19-21-23-25-26-27-28-29-30-31-32-34-36-38-40-42-44-46-48-50-52-54-64(82)77-59(60(81)53-51-49-47-45-43-41-39-37-35-33-24-22-20-18-16-14-12-10-8-6-4-2)58-90-74-70(88)67(85)72(62(56-79)92-74)95-76-71(89)68(86)73(63(57-80)93-76)94-75-69(87)66(84)65(83)61(55-78)91-75/h5,7,11,13,17,19,23,25,27-28,43,45,51,53,59-63,65-76,78-81,83-89H,3-4,6,8-10,12,14-16,18,20-22,24,26,29-42,44,46-50,52,54-58H2,1-2H3,(H,77,82)/b7-5-,13-11-,19-17-,25-23-,28-27-,45-43+,53-51+. The minimum atomic E-state index is -1.98. The second kappa shape index (κ2) is 56.7. The second-order valence-corrected chi connectivity index (χ2v) is 26.4. The van der Waals surface area contributed by atoms with Crippen LogP contribution in [0.3, 0.4) is 0 Å². The minimum absolute atomic E-state index is 0.230. The number of carbonyl (C=O) groups excluding carboxylic acids is 1. The molecule has 0 aromatic carbocycles. The van der Waals surface area contributed by atoms with Crippen LogP contribution in [0.1, 0.15) is 258 Å². The number of nitrogens with one attached hydrogen (secondary N) is 1. The fourth-order valence-electron chi connectivity index (χ4n) is 12.2. The Bertz CT molecular complexity index is 2050. The summed E-state index contributed by atoms with van der Waals surface area (Å²) in [5.74, 6) is -0.288. The van der Waals surface area contributed by atoms with Gasteiger partial charge in [0.05, 0.1) is 38.6 Å². The quantitative estimate of drug-likeness (QED) is 0.0199. The van der Waals surface area contributed by atoms with Crippen molar-refractivity contribution in [3.05, 3.63) is 85.1 Å². The van der Waals surface area contributed by atoms with Crippen molar-refractivity contribution in [1.82, 2.24) is 5.32 Å². The Morgan fingerprint density at radius 1 is 0.389 bits per heavy atom. The van der Waals surface area contributed by atoms with Crippen LogP contribution < -0.4 is 5.32 Å². The SMILES string of the molecule is CC/C=C\C/C=C\C/C=C\C/C=C\C/C=C\CCCCCCCCCCCCCCCC(=O)NC(COC1OC(CO)C(OC2OC(CO)C(OC3OC(CO)C(O)C(O)C3O)C(O)C2O)C(O)C1O)C(O)/C=C/CC/C=C/CCCCCCCCCCCCCCCCC. The van der Waals surface area contributed by atoms with E-state index in [2.05, 4.69) is 92.1 Å². The van der Waals surface area contributed by atoms with E-state index in [0.717, 1.165) is 83.5 Å². The summed E-state index contributed by atoms with van der Waals surface area (Å²) in [6.45, 7) is 1.62. The summed E-state index contributed by atoms with van der Waals surface area (Å²) in [7, 11) is 0. The van der Waals surface area contributed by atoms with Gasteiger partial charge in [0.25, 0.3) is 0 Å². The van der Waals surface area contributed by atoms with Crippen molar-refractivity contribution in [2.75, 3.05) is 26.4 Å². The first kappa shape index (κ1) is 86.2. The number of unbranched alkanes of at least 4 members (excludes halogenated alkanes) is 29. The predicted octanol–water partition coefficient (Wildman–Crippen LogP) is 11.1. The van der Waals surface area contributed by atoms with Gasteiger partial charge in [0.15, 0.2) is 18.9 Å². The van der Waals surface area contributed by atoms with Crippen LogP contribution in [0.25, 0.3) is 0 Å². The first-order chi connectivity index (χ1) is 46.3. The molecule has 17 atom stereocenters. The summed E-state index contributed by atoms with van der Waals surface area (Å²) in [5.41, 5.74) is 0. The summed E-state index contributed by atoms with van der Waals surface area (Å²) in [6, 6.07) is -0.996. The molecule has 0 aliphatic carbocycles. The highest BCUT2D eigenvalue weighted by Gasteiger charge is 2.53. The first-order valence-electron chi connectivity index (χ1n) is 37.3. The Labute approximate surface area is 571 Å². The van der Waals surface area contributed by atoms with Gasteiger partial charge in [-0.25, -0.2) is 0 Å². The van der Waals surface area contributed by atoms with E-state index in [9.17, 15) is 61.0 Å². The van der Waals surface area contributed by atoms with Gasteiger partial charge in [0, 0.05) is 6.42 Å². The van der Waals surface area contributed by atoms with E-state index in [1.54, 1.807) is 6.08 Å². The van der Waals surface area contributed by atoms with Crippen molar-refractivity contribution in [2.24, 2.45) is 0 Å². The Morgan fingerprint density at radius 3 is 1.18 bits per heavy atom. The molecule has 0 spiro atoms. The van der Waals surface area contributed by atoms with Crippen LogP contribution in [0.15, 0.2) is 85.1 Å². The van der Waals surface area contributed by atoms with Crippen LogP contribution in [-0.4, -0.2) is 193 Å². The molecule has 1 amide bonds. The molecule has 95 heavy (non-hydrogen) atoms. The first-order valence-corrected chi connectivity index (χ1v) is 37.3. The molecule has 3 saturated heterocycles. The molecule has 3 fully saturated rings. The van der Waals surface area contributed by atoms with Crippen LogP contribution in [0, 0.1) is 0 Å². The zero-order valence-electron chi connectivity index (χ0n) is 58.4. The summed E-state index contributed by atoms with van der Waals surface area (Å²) in [4.78, 5) is 13.4. The molecule has 0 aromatic rings. The maximum absolute atomic E-state index is 13.4. The molecule has 0 saturated carbocycles. The van der Waals surface area contributed by atoms with Crippen molar-refractivity contribution in [3.8, 4) is 0 Å². The van der Waals surface area contributed by atoms with Crippen LogP contribution >= 0.6 is 0 Å². The smallest absolute Gasteiger partial charge is 0.220 e. The number of aliphatic hydroxyl groups is 11. The Kier molecular flexibility index (Phi) is 51.4. The molecular weight excluding hydrogens is 1210 g/mol. The Hall–Kier alpha value is -3.03. The highest BCUT2D eigenvalue weighted by molar-refractivity contribution is 5.76. The molecule has 19 heteroatoms. The zero-order chi connectivity index (χ0) is 68.9. The lowest BCUT2D eigenvalue weighted by molar-refractivity contribution is -0.379. The summed E-state index contributed by atoms with van der Waals surface area (Å²) in [6.07, 6.45) is 47.0. The third-order valence-corrected chi connectivity index (χ3v) is 18.2. The zero-order valence-corrected chi connectivity index (χ0v) is 58.4. The maximum Gasteiger partial charge on any atom is 0.220 e. The van der Waals surface area contributed by atoms with Crippen LogP contribution in [-0.2, 0) is 33.2 Å². The fourth-order valence-corrected chi connectivity index (χ4v) is 12.2. The predicted molar refractivity (Wildman–Crippen MR) is 374 cm³/mol. The van der Waals surface area contributed by atoms with Crippen molar-refractivity contribution < 1.29 is 89.4 Å². The summed E-state index contributed by atoms with van der Waals surface area (Å²) < 4.78 is 34.4. The number of amides is 1. The number of hydrogen-bond acceptors (Lipinski definition) is 18. The highest BCUT2D eigenvalue weighted by Crippen LogP contribution is 2.33. The van der Waals surface area contributed by atoms with Gasteiger partial charge in [-0.2, -0.15) is 0 Å². The highest BCUT2D eigenvalue weighted by atomic mass is 16.8. The summed E-state index contributed by atoms with van der Waals surface area (Å²) in [5, 5.41) is 121. The molecule has 12 N–H and O–H groups in total. The third-order valence-electron chi connectivity index (χ3n) is 18.2. The number of carbonyl (C=O) groups is 1. The number of allylic oxidation sites excluding steroid dienone is 13. The molecule has 3 heterocycles. The van der Waals surface area contributed by atoms with Crippen molar-refractivity contribution in [3.63, 3.8) is 0 Å². The van der Waals surface area contributed by atoms with Gasteiger partial charge >= 0.3 is 0 Å². The molecule has 17 unspecified atom stereocenters.